The Bertz CT molecular complexity index is 368. The summed E-state index contributed by atoms with van der Waals surface area (Å²) < 4.78 is 0. The van der Waals surface area contributed by atoms with Gasteiger partial charge < -0.3 is 4.90 Å². The van der Waals surface area contributed by atoms with Gasteiger partial charge in [-0.1, -0.05) is 30.3 Å². The average molecular weight is 260 g/mol. The Kier molecular flexibility index (Phi) is 4.44. The Labute approximate surface area is 107 Å². The van der Waals surface area contributed by atoms with E-state index in [9.17, 15) is 0 Å². The minimum Gasteiger partial charge on any atom is -0.354 e. The number of halogens is 1. The van der Waals surface area contributed by atoms with Gasteiger partial charge in [-0.25, -0.2) is 9.97 Å². The van der Waals surface area contributed by atoms with Crippen LogP contribution in [-0.2, 0) is 0 Å². The highest BCUT2D eigenvalue weighted by molar-refractivity contribution is 7.98. The highest BCUT2D eigenvalue weighted by Crippen LogP contribution is 2.26. The lowest BCUT2D eigenvalue weighted by Gasteiger charge is -2.35. The Morgan fingerprint density at radius 2 is 2.06 bits per heavy atom. The van der Waals surface area contributed by atoms with Crippen molar-refractivity contribution in [2.45, 2.75) is 37.9 Å². The van der Waals surface area contributed by atoms with Gasteiger partial charge in [0.2, 0.25) is 0 Å². The summed E-state index contributed by atoms with van der Waals surface area (Å²) in [6.07, 6.45) is 2.99. The van der Waals surface area contributed by atoms with Gasteiger partial charge in [-0.15, -0.1) is 0 Å². The summed E-state index contributed by atoms with van der Waals surface area (Å²) in [6, 6.07) is 1.80. The fourth-order valence-corrected chi connectivity index (χ4v) is 1.80. The summed E-state index contributed by atoms with van der Waals surface area (Å²) in [5.41, 5.74) is 0.0629. The Hall–Kier alpha value is -0.480. The number of thioether (sulfide) groups is 1. The molecule has 0 N–H and O–H groups in total. The standard InChI is InChI=1S/C11H18ClN3S/c1-6-11(2,3)15(4)9-7-8(12)13-10(14-9)16-5/h7H,6H2,1-5H3. The molecule has 0 saturated carbocycles. The lowest BCUT2D eigenvalue weighted by atomic mass is 10.0. The van der Waals surface area contributed by atoms with Crippen molar-refractivity contribution in [3.05, 3.63) is 11.2 Å². The third kappa shape index (κ3) is 3.01. The number of nitrogens with zero attached hydrogens (tertiary/aromatic N) is 3. The molecule has 0 radical (unpaired) electrons. The number of hydrogen-bond donors (Lipinski definition) is 0. The van der Waals surface area contributed by atoms with Crippen molar-refractivity contribution < 1.29 is 0 Å². The maximum Gasteiger partial charge on any atom is 0.190 e. The first-order valence-electron chi connectivity index (χ1n) is 5.23. The van der Waals surface area contributed by atoms with Gasteiger partial charge in [0.1, 0.15) is 11.0 Å². The topological polar surface area (TPSA) is 29.0 Å². The number of hydrogen-bond acceptors (Lipinski definition) is 4. The van der Waals surface area contributed by atoms with Crippen LogP contribution in [0.25, 0.3) is 0 Å². The van der Waals surface area contributed by atoms with Crippen LogP contribution < -0.4 is 4.90 Å². The van der Waals surface area contributed by atoms with Crippen LogP contribution in [0, 0.1) is 0 Å². The molecule has 0 amide bonds. The van der Waals surface area contributed by atoms with E-state index in [0.717, 1.165) is 12.2 Å². The van der Waals surface area contributed by atoms with Gasteiger partial charge in [-0.05, 0) is 26.5 Å². The van der Waals surface area contributed by atoms with Crippen molar-refractivity contribution in [2.24, 2.45) is 0 Å². The molecule has 0 fully saturated rings. The lowest BCUT2D eigenvalue weighted by molar-refractivity contribution is 0.466. The summed E-state index contributed by atoms with van der Waals surface area (Å²) in [5.74, 6) is 0.871. The molecule has 0 aliphatic rings. The summed E-state index contributed by atoms with van der Waals surface area (Å²) in [5, 5.41) is 1.20. The molecule has 0 atom stereocenters. The zero-order chi connectivity index (χ0) is 12.3. The normalized spacial score (nSPS) is 11.6. The van der Waals surface area contributed by atoms with Gasteiger partial charge in [0, 0.05) is 18.7 Å². The SMILES string of the molecule is CCC(C)(C)N(C)c1cc(Cl)nc(SC)n1. The van der Waals surface area contributed by atoms with Crippen molar-refractivity contribution in [1.82, 2.24) is 9.97 Å². The number of rotatable bonds is 4. The van der Waals surface area contributed by atoms with Crippen LogP contribution in [0.4, 0.5) is 5.82 Å². The fraction of sp³-hybridized carbons (Fsp3) is 0.636. The van der Waals surface area contributed by atoms with E-state index >= 15 is 0 Å². The number of anilines is 1. The van der Waals surface area contributed by atoms with Gasteiger partial charge in [0.15, 0.2) is 5.16 Å². The quantitative estimate of drug-likeness (QED) is 0.470. The van der Waals surface area contributed by atoms with Gasteiger partial charge in [0.25, 0.3) is 0 Å². The van der Waals surface area contributed by atoms with Crippen LogP contribution in [-0.4, -0.2) is 28.8 Å². The third-order valence-corrected chi connectivity index (χ3v) is 3.70. The molecule has 0 unspecified atom stereocenters. The third-order valence-electron chi connectivity index (χ3n) is 2.96. The molecular weight excluding hydrogens is 242 g/mol. The largest absolute Gasteiger partial charge is 0.354 e. The van der Waals surface area contributed by atoms with Crippen molar-refractivity contribution >= 4 is 29.2 Å². The Morgan fingerprint density at radius 1 is 1.44 bits per heavy atom. The maximum atomic E-state index is 5.98. The number of aromatic nitrogens is 2. The van der Waals surface area contributed by atoms with Crippen molar-refractivity contribution in [3.63, 3.8) is 0 Å². The summed E-state index contributed by atoms with van der Waals surface area (Å²) in [4.78, 5) is 10.7. The van der Waals surface area contributed by atoms with Crippen LogP contribution in [0.15, 0.2) is 11.2 Å². The van der Waals surface area contributed by atoms with Crippen LogP contribution in [0.3, 0.4) is 0 Å². The van der Waals surface area contributed by atoms with E-state index < -0.39 is 0 Å². The van der Waals surface area contributed by atoms with E-state index in [0.29, 0.717) is 10.3 Å². The molecule has 0 aliphatic carbocycles. The molecule has 90 valence electrons. The van der Waals surface area contributed by atoms with Gasteiger partial charge in [0.05, 0.1) is 0 Å². The van der Waals surface area contributed by atoms with Crippen LogP contribution in [0.5, 0.6) is 0 Å². The smallest absolute Gasteiger partial charge is 0.190 e. The summed E-state index contributed by atoms with van der Waals surface area (Å²) in [7, 11) is 2.03. The van der Waals surface area contributed by atoms with E-state index in [4.69, 9.17) is 11.6 Å². The van der Waals surface area contributed by atoms with Gasteiger partial charge >= 0.3 is 0 Å². The maximum absolute atomic E-state index is 5.98. The second kappa shape index (κ2) is 5.23. The van der Waals surface area contributed by atoms with Crippen LogP contribution in [0.1, 0.15) is 27.2 Å². The zero-order valence-corrected chi connectivity index (χ0v) is 12.0. The van der Waals surface area contributed by atoms with E-state index in [1.54, 1.807) is 6.07 Å². The molecule has 0 aromatic carbocycles. The minimum absolute atomic E-state index is 0.0629. The van der Waals surface area contributed by atoms with Gasteiger partial charge in [-0.2, -0.15) is 0 Å². The molecule has 3 nitrogen and oxygen atoms in total. The predicted octanol–water partition coefficient (Wildman–Crippen LogP) is 3.48. The highest BCUT2D eigenvalue weighted by Gasteiger charge is 2.23. The molecule has 0 bridgehead atoms. The van der Waals surface area contributed by atoms with E-state index in [1.165, 1.54) is 11.8 Å². The first kappa shape index (κ1) is 13.6. The molecule has 5 heteroatoms. The molecule has 0 saturated heterocycles. The average Bonchev–Trinajstić information content (AvgIpc) is 2.27. The van der Waals surface area contributed by atoms with E-state index in [-0.39, 0.29) is 5.54 Å². The Morgan fingerprint density at radius 3 is 2.56 bits per heavy atom. The van der Waals surface area contributed by atoms with E-state index in [1.807, 2.05) is 13.3 Å². The molecule has 0 spiro atoms. The molecule has 1 aromatic heterocycles. The predicted molar refractivity (Wildman–Crippen MR) is 71.6 cm³/mol. The summed E-state index contributed by atoms with van der Waals surface area (Å²) in [6.45, 7) is 6.53. The molecular formula is C11H18ClN3S. The minimum atomic E-state index is 0.0629. The van der Waals surface area contributed by atoms with E-state index in [2.05, 4.69) is 35.6 Å². The van der Waals surface area contributed by atoms with Crippen LogP contribution >= 0.6 is 23.4 Å². The van der Waals surface area contributed by atoms with Crippen LogP contribution in [0.2, 0.25) is 5.15 Å². The highest BCUT2D eigenvalue weighted by atomic mass is 35.5. The lowest BCUT2D eigenvalue weighted by Crippen LogP contribution is -2.41. The summed E-state index contributed by atoms with van der Waals surface area (Å²) >= 11 is 7.47. The van der Waals surface area contributed by atoms with Crippen molar-refractivity contribution in [3.8, 4) is 0 Å². The molecule has 1 heterocycles. The van der Waals surface area contributed by atoms with Crippen molar-refractivity contribution in [2.75, 3.05) is 18.2 Å². The molecule has 1 rings (SSSR count). The monoisotopic (exact) mass is 259 g/mol. The van der Waals surface area contributed by atoms with Crippen molar-refractivity contribution in [1.29, 1.82) is 0 Å². The van der Waals surface area contributed by atoms with Gasteiger partial charge in [-0.3, -0.25) is 0 Å². The first-order valence-corrected chi connectivity index (χ1v) is 6.83. The Balaban J connectivity index is 3.08. The molecule has 16 heavy (non-hydrogen) atoms. The fourth-order valence-electron chi connectivity index (χ4n) is 1.20. The zero-order valence-electron chi connectivity index (χ0n) is 10.4. The first-order chi connectivity index (χ1) is 7.40. The molecule has 0 aliphatic heterocycles. The molecule has 1 aromatic rings. The second-order valence-corrected chi connectivity index (χ2v) is 5.42. The second-order valence-electron chi connectivity index (χ2n) is 4.26.